The van der Waals surface area contributed by atoms with Crippen LogP contribution in [0.2, 0.25) is 0 Å². The molecule has 5 heteroatoms. The molecule has 2 spiro atoms. The first-order valence-corrected chi connectivity index (χ1v) is 32.3. The Labute approximate surface area is 452 Å². The van der Waals surface area contributed by atoms with Gasteiger partial charge in [0.15, 0.2) is 11.2 Å². The summed E-state index contributed by atoms with van der Waals surface area (Å²) in [5.41, 5.74) is 22.5. The van der Waals surface area contributed by atoms with Crippen molar-refractivity contribution in [2.45, 2.75) is 84.7 Å². The standard InChI is InChI=1S/C76H32N4O/c1-2-10-77(9-1)71-57-47-37-27-22-17-18-20-21-19(17)24-30-28(22)38(37)48-50-40(30)42-32(24)34-26(21)36-35-25(20)33-31-23(18)29(27)39-41(31)51-53-43(33)45(35)55-56-46(36)44(34)54-52(42)62-60(50)72(58(48)57,78-11-3-4-12-78)68-67(71)69-73(79-13-5-6-14-79,61(51)59(71)49(39)47)63(53)65(55)75-66(56)64(54)74(62,80-15-7-8-16-80)70(68)76(69,75)81-75/h1-16H2/t71-,72+,73-,74+,75?,76?. The van der Waals surface area contributed by atoms with Crippen molar-refractivity contribution in [3.63, 3.8) is 0 Å². The number of hydrogen-bond acceptors (Lipinski definition) is 5. The number of rotatable bonds is 4. The summed E-state index contributed by atoms with van der Waals surface area (Å²) in [7, 11) is 0. The SMILES string of the molecule is C1CCN([C@@]23C4=C5C6=C7C48OC84c8c2c2c9c3c3c%10c%11c(c%12c%13c%14c(c%15c%16c%17c(c4c4c8c8c2c2c%18c9c%10c9c%10c%11c%13c%11c%13c%14c%16c%14c%16c%17c4c4c8c2c2c(c4%16)c(c%14%13)c(c%10%11)c2c%189)[C@]7%15N2CCCC2)[C@]6%12N2CCCC2)[C@]53N2CCCC2)C1. The van der Waals surface area contributed by atoms with Gasteiger partial charge in [-0.2, -0.15) is 0 Å². The highest BCUT2D eigenvalue weighted by Gasteiger charge is 2.95. The molecule has 362 valence electrons. The van der Waals surface area contributed by atoms with Gasteiger partial charge in [-0.3, -0.25) is 19.6 Å². The number of ether oxygens (including phenoxy) is 1. The van der Waals surface area contributed by atoms with Gasteiger partial charge >= 0.3 is 0 Å². The first kappa shape index (κ1) is 33.0. The highest BCUT2D eigenvalue weighted by atomic mass is 16.6. The predicted molar refractivity (Wildman–Crippen MR) is 323 cm³/mol. The van der Waals surface area contributed by atoms with E-state index in [1.807, 2.05) is 55.7 Å². The summed E-state index contributed by atoms with van der Waals surface area (Å²) in [5.74, 6) is 0. The molecule has 81 heavy (non-hydrogen) atoms. The van der Waals surface area contributed by atoms with Crippen molar-refractivity contribution in [1.82, 2.24) is 19.6 Å². The van der Waals surface area contributed by atoms with Crippen LogP contribution < -0.4 is 0 Å². The molecular formula is C76H32N4O. The van der Waals surface area contributed by atoms with Crippen LogP contribution in [-0.2, 0) is 32.5 Å². The molecule has 37 rings (SSSR count). The molecule has 11 aliphatic carbocycles. The quantitative estimate of drug-likeness (QED) is 0.129. The first-order valence-electron chi connectivity index (χ1n) is 32.3. The van der Waals surface area contributed by atoms with Crippen molar-refractivity contribution in [2.75, 3.05) is 52.4 Å². The number of nitrogens with zero attached hydrogens (tertiary/aromatic N) is 4. The Kier molecular flexibility index (Phi) is 3.17. The van der Waals surface area contributed by atoms with E-state index in [0.717, 1.165) is 0 Å². The Morgan fingerprint density at radius 2 is 0.358 bits per heavy atom. The molecule has 0 bridgehead atoms. The van der Waals surface area contributed by atoms with Crippen LogP contribution >= 0.6 is 0 Å². The van der Waals surface area contributed by atoms with Gasteiger partial charge in [0, 0.05) is 22.3 Å². The second-order valence-corrected chi connectivity index (χ2v) is 31.3. The molecule has 5 fully saturated rings. The van der Waals surface area contributed by atoms with Crippen molar-refractivity contribution < 1.29 is 4.74 Å². The first-order chi connectivity index (χ1) is 40.3. The maximum absolute atomic E-state index is 9.24. The maximum atomic E-state index is 9.24. The van der Waals surface area contributed by atoms with Gasteiger partial charge in [-0.15, -0.1) is 0 Å². The van der Waals surface area contributed by atoms with Crippen LogP contribution in [-0.4, -0.2) is 77.6 Å². The third kappa shape index (κ3) is 1.83. The Morgan fingerprint density at radius 1 is 0.185 bits per heavy atom. The largest absolute Gasteiger partial charge is 0.342 e. The molecule has 6 atom stereocenters. The summed E-state index contributed by atoms with van der Waals surface area (Å²) < 4.78 is 9.24. The Balaban J connectivity index is 1.07. The van der Waals surface area contributed by atoms with E-state index >= 15 is 0 Å². The van der Waals surface area contributed by atoms with Crippen LogP contribution in [0.15, 0.2) is 22.3 Å². The average molecular weight is 1020 g/mol. The molecule has 0 N–H and O–H groups in total. The Morgan fingerprint density at radius 3 is 0.593 bits per heavy atom. The lowest BCUT2D eigenvalue weighted by Crippen LogP contribution is -2.62. The van der Waals surface area contributed by atoms with Crippen LogP contribution in [0.4, 0.5) is 0 Å². The van der Waals surface area contributed by atoms with Crippen LogP contribution in [0.25, 0.3) is 215 Å². The van der Waals surface area contributed by atoms with E-state index in [2.05, 4.69) is 19.6 Å². The lowest BCUT2D eigenvalue weighted by atomic mass is 9.51. The second-order valence-electron chi connectivity index (χ2n) is 31.3. The molecule has 5 heterocycles. The summed E-state index contributed by atoms with van der Waals surface area (Å²) in [6.45, 7) is 9.39. The van der Waals surface area contributed by atoms with E-state index in [0.29, 0.717) is 0 Å². The van der Waals surface area contributed by atoms with Crippen molar-refractivity contribution in [1.29, 1.82) is 0 Å². The van der Waals surface area contributed by atoms with Crippen LogP contribution in [0.1, 0.15) is 107 Å². The summed E-state index contributed by atoms with van der Waals surface area (Å²) in [4.78, 5) is 13.1. The number of likely N-dealkylation sites (tertiary alicyclic amines) is 4. The lowest BCUT2D eigenvalue weighted by molar-refractivity contribution is 0.126. The van der Waals surface area contributed by atoms with Crippen molar-refractivity contribution in [2.24, 2.45) is 0 Å². The van der Waals surface area contributed by atoms with Gasteiger partial charge < -0.3 is 4.74 Å². The zero-order valence-electron chi connectivity index (χ0n) is 43.5. The molecule has 0 radical (unpaired) electrons. The average Bonchev–Trinajstić information content (AvgIpc) is 1.37. The van der Waals surface area contributed by atoms with E-state index in [-0.39, 0.29) is 11.1 Å². The minimum absolute atomic E-state index is 0.388. The van der Waals surface area contributed by atoms with Crippen molar-refractivity contribution in [3.8, 4) is 0 Å². The van der Waals surface area contributed by atoms with Crippen LogP contribution in [0.3, 0.4) is 0 Å². The van der Waals surface area contributed by atoms with Gasteiger partial charge in [0.2, 0.25) is 0 Å². The minimum Gasteiger partial charge on any atom is -0.342 e. The Hall–Kier alpha value is -7.22. The van der Waals surface area contributed by atoms with E-state index < -0.39 is 22.3 Å². The summed E-state index contributed by atoms with van der Waals surface area (Å²) in [5, 5.41) is 68.4. The molecule has 21 aromatic carbocycles. The second kappa shape index (κ2) is 7.76. The van der Waals surface area contributed by atoms with Gasteiger partial charge in [-0.25, -0.2) is 0 Å². The van der Waals surface area contributed by atoms with Gasteiger partial charge in [0.05, 0.1) is 22.2 Å². The van der Waals surface area contributed by atoms with Crippen molar-refractivity contribution in [3.05, 3.63) is 77.9 Å². The zero-order chi connectivity index (χ0) is 48.5. The highest BCUT2D eigenvalue weighted by Crippen LogP contribution is 2.96. The predicted octanol–water partition coefficient (Wildman–Crippen LogP) is 15.2. The fraction of sp³-hybridized carbons (Fsp3) is 0.289. The van der Waals surface area contributed by atoms with E-state index in [4.69, 9.17) is 0 Å². The monoisotopic (exact) mass is 1020 g/mol. The molecule has 0 saturated carbocycles. The number of epoxide rings is 1. The van der Waals surface area contributed by atoms with E-state index in [1.54, 1.807) is 238 Å². The fourth-order valence-corrected chi connectivity index (χ4v) is 31.0. The van der Waals surface area contributed by atoms with Gasteiger partial charge in [-0.05, 0) is 375 Å². The summed E-state index contributed by atoms with van der Waals surface area (Å²) in [6.07, 6.45) is 10.3. The van der Waals surface area contributed by atoms with Crippen molar-refractivity contribution >= 4 is 215 Å². The lowest BCUT2D eigenvalue weighted by Gasteiger charge is -2.61. The summed E-state index contributed by atoms with van der Waals surface area (Å²) >= 11 is 0. The maximum Gasteiger partial charge on any atom is 0.159 e. The molecular weight excluding hydrogens is 985 g/mol. The molecule has 5 saturated heterocycles. The molecule has 5 aliphatic heterocycles. The molecule has 0 aromatic heterocycles. The van der Waals surface area contributed by atoms with Gasteiger partial charge in [0.25, 0.3) is 0 Å². The van der Waals surface area contributed by atoms with E-state index in [9.17, 15) is 4.74 Å². The number of hydrogen-bond donors (Lipinski definition) is 0. The van der Waals surface area contributed by atoms with E-state index in [1.165, 1.54) is 104 Å². The molecule has 5 nitrogen and oxygen atoms in total. The van der Waals surface area contributed by atoms with Crippen LogP contribution in [0, 0.1) is 0 Å². The molecule has 0 amide bonds. The van der Waals surface area contributed by atoms with Gasteiger partial charge in [0.1, 0.15) is 0 Å². The zero-order valence-corrected chi connectivity index (χ0v) is 43.5. The molecule has 2 unspecified atom stereocenters. The molecule has 16 aliphatic rings. The third-order valence-corrected chi connectivity index (χ3v) is 31.1. The third-order valence-electron chi connectivity index (χ3n) is 31.1. The molecule has 21 aromatic rings. The van der Waals surface area contributed by atoms with Gasteiger partial charge in [-0.1, -0.05) is 0 Å². The topological polar surface area (TPSA) is 25.5 Å². The smallest absolute Gasteiger partial charge is 0.159 e. The highest BCUT2D eigenvalue weighted by molar-refractivity contribution is 6.77. The number of benzene rings is 15. The minimum atomic E-state index is -0.571. The fourth-order valence-electron chi connectivity index (χ4n) is 31.0. The normalized spacial score (nSPS) is 34.8. The van der Waals surface area contributed by atoms with Crippen LogP contribution in [0.5, 0.6) is 0 Å². The summed E-state index contributed by atoms with van der Waals surface area (Å²) in [6, 6.07) is 0. The Bertz CT molecular complexity index is 6880.